The highest BCUT2D eigenvalue weighted by molar-refractivity contribution is 5.95. The molecule has 5 nitrogen and oxygen atoms in total. The van der Waals surface area contributed by atoms with Gasteiger partial charge in [0.05, 0.1) is 6.61 Å². The SMILES string of the molecule is CCCN1CC(COc2ccc([C@H]3Oc4ccc(O)cc4C(C)=C3c3cccc(O)c3)cc2)C1. The molecule has 0 spiro atoms. The van der Waals surface area contributed by atoms with Gasteiger partial charge in [-0.1, -0.05) is 31.2 Å². The zero-order valence-electron chi connectivity index (χ0n) is 19.7. The van der Waals surface area contributed by atoms with Crippen LogP contribution in [0.3, 0.4) is 0 Å². The normalized spacial score (nSPS) is 18.2. The van der Waals surface area contributed by atoms with Gasteiger partial charge in [0.25, 0.3) is 0 Å². The van der Waals surface area contributed by atoms with E-state index in [1.54, 1.807) is 30.3 Å². The highest BCUT2D eigenvalue weighted by atomic mass is 16.5. The van der Waals surface area contributed by atoms with Crippen LogP contribution in [0.5, 0.6) is 23.0 Å². The molecule has 1 fully saturated rings. The second-order valence-electron chi connectivity index (χ2n) is 9.27. The molecule has 0 radical (unpaired) electrons. The van der Waals surface area contributed by atoms with E-state index in [-0.39, 0.29) is 17.6 Å². The minimum atomic E-state index is -0.345. The number of hydrogen-bond donors (Lipinski definition) is 2. The van der Waals surface area contributed by atoms with Crippen molar-refractivity contribution in [2.24, 2.45) is 5.92 Å². The average Bonchev–Trinajstić information content (AvgIpc) is 2.81. The molecule has 0 aliphatic carbocycles. The van der Waals surface area contributed by atoms with Crippen LogP contribution in [0.2, 0.25) is 0 Å². The number of fused-ring (bicyclic) bond motifs is 1. The third-order valence-electron chi connectivity index (χ3n) is 6.68. The standard InChI is InChI=1S/C29H31NO4/c1-3-13-30-16-20(17-30)18-33-25-10-7-21(8-11-25)29-28(22-5-4-6-23(31)14-22)19(2)26-15-24(32)9-12-27(26)34-29/h4-12,14-15,20,29,31-32H,3,13,16-18H2,1-2H3/t29-/m1/s1. The predicted molar refractivity (Wildman–Crippen MR) is 134 cm³/mol. The van der Waals surface area contributed by atoms with Crippen molar-refractivity contribution >= 4 is 11.1 Å². The molecule has 176 valence electrons. The van der Waals surface area contributed by atoms with E-state index >= 15 is 0 Å². The number of ether oxygens (including phenoxy) is 2. The first-order valence-corrected chi connectivity index (χ1v) is 12.0. The molecule has 0 aromatic heterocycles. The Morgan fingerprint density at radius 3 is 2.47 bits per heavy atom. The minimum absolute atomic E-state index is 0.196. The summed E-state index contributed by atoms with van der Waals surface area (Å²) < 4.78 is 12.5. The van der Waals surface area contributed by atoms with Crippen LogP contribution in [-0.2, 0) is 0 Å². The average molecular weight is 458 g/mol. The minimum Gasteiger partial charge on any atom is -0.508 e. The van der Waals surface area contributed by atoms with E-state index in [0.29, 0.717) is 5.92 Å². The summed E-state index contributed by atoms with van der Waals surface area (Å²) in [6.07, 6.45) is 0.852. The summed E-state index contributed by atoms with van der Waals surface area (Å²) in [5.74, 6) is 2.59. The first-order chi connectivity index (χ1) is 16.5. The van der Waals surface area contributed by atoms with Crippen molar-refractivity contribution in [3.05, 3.63) is 83.4 Å². The first-order valence-electron chi connectivity index (χ1n) is 12.0. The Morgan fingerprint density at radius 1 is 0.971 bits per heavy atom. The van der Waals surface area contributed by atoms with Crippen LogP contribution in [-0.4, -0.2) is 41.4 Å². The third kappa shape index (κ3) is 4.48. The number of phenolic OH excluding ortho intramolecular Hbond substituents is 2. The molecule has 0 unspecified atom stereocenters. The molecule has 0 bridgehead atoms. The lowest BCUT2D eigenvalue weighted by molar-refractivity contribution is 0.0624. The van der Waals surface area contributed by atoms with Crippen molar-refractivity contribution in [2.75, 3.05) is 26.2 Å². The Labute approximate surface area is 200 Å². The largest absolute Gasteiger partial charge is 0.508 e. The summed E-state index contributed by atoms with van der Waals surface area (Å²) in [7, 11) is 0. The van der Waals surface area contributed by atoms with Crippen LogP contribution < -0.4 is 9.47 Å². The molecule has 1 saturated heterocycles. The maximum Gasteiger partial charge on any atom is 0.150 e. The van der Waals surface area contributed by atoms with Crippen LogP contribution in [0.4, 0.5) is 0 Å². The molecule has 2 heterocycles. The number of likely N-dealkylation sites (tertiary alicyclic amines) is 1. The van der Waals surface area contributed by atoms with Crippen LogP contribution in [0, 0.1) is 5.92 Å². The second-order valence-corrected chi connectivity index (χ2v) is 9.27. The van der Waals surface area contributed by atoms with Crippen LogP contribution >= 0.6 is 0 Å². The quantitative estimate of drug-likeness (QED) is 0.464. The van der Waals surface area contributed by atoms with E-state index in [1.807, 2.05) is 43.3 Å². The van der Waals surface area contributed by atoms with Gasteiger partial charge in [-0.05, 0) is 79.1 Å². The molecule has 5 heteroatoms. The lowest BCUT2D eigenvalue weighted by Gasteiger charge is -2.38. The lowest BCUT2D eigenvalue weighted by atomic mass is 9.86. The zero-order valence-corrected chi connectivity index (χ0v) is 19.7. The fraction of sp³-hybridized carbons (Fsp3) is 0.310. The molecule has 0 amide bonds. The maximum atomic E-state index is 10.1. The Kier molecular flexibility index (Phi) is 6.20. The van der Waals surface area contributed by atoms with Gasteiger partial charge in [0.1, 0.15) is 29.1 Å². The highest BCUT2D eigenvalue weighted by Crippen LogP contribution is 2.47. The van der Waals surface area contributed by atoms with Gasteiger partial charge in [-0.2, -0.15) is 0 Å². The Morgan fingerprint density at radius 2 is 1.74 bits per heavy atom. The number of nitrogens with zero attached hydrogens (tertiary/aromatic N) is 1. The van der Waals surface area contributed by atoms with Crippen molar-refractivity contribution in [3.63, 3.8) is 0 Å². The predicted octanol–water partition coefficient (Wildman–Crippen LogP) is 5.88. The smallest absolute Gasteiger partial charge is 0.150 e. The van der Waals surface area contributed by atoms with Gasteiger partial charge in [0.2, 0.25) is 0 Å². The number of hydrogen-bond acceptors (Lipinski definition) is 5. The van der Waals surface area contributed by atoms with Crippen LogP contribution in [0.1, 0.15) is 43.1 Å². The Bertz CT molecular complexity index is 1200. The van der Waals surface area contributed by atoms with E-state index in [9.17, 15) is 10.2 Å². The summed E-state index contributed by atoms with van der Waals surface area (Å²) in [6.45, 7) is 8.40. The van der Waals surface area contributed by atoms with Crippen molar-refractivity contribution in [2.45, 2.75) is 26.4 Å². The van der Waals surface area contributed by atoms with E-state index in [1.165, 1.54) is 13.0 Å². The summed E-state index contributed by atoms with van der Waals surface area (Å²) >= 11 is 0. The van der Waals surface area contributed by atoms with Gasteiger partial charge in [-0.25, -0.2) is 0 Å². The molecule has 2 aliphatic heterocycles. The van der Waals surface area contributed by atoms with Crippen molar-refractivity contribution in [1.82, 2.24) is 4.90 Å². The number of phenols is 2. The van der Waals surface area contributed by atoms with Crippen molar-refractivity contribution < 1.29 is 19.7 Å². The molecule has 3 aromatic rings. The molecule has 3 aromatic carbocycles. The molecular weight excluding hydrogens is 426 g/mol. The monoisotopic (exact) mass is 457 g/mol. The van der Waals surface area contributed by atoms with Crippen LogP contribution in [0.25, 0.3) is 11.1 Å². The summed E-state index contributed by atoms with van der Waals surface area (Å²) in [4.78, 5) is 2.46. The molecule has 2 N–H and O–H groups in total. The summed E-state index contributed by atoms with van der Waals surface area (Å²) in [6, 6.07) is 20.5. The molecule has 2 aliphatic rings. The topological polar surface area (TPSA) is 62.2 Å². The number of rotatable bonds is 7. The van der Waals surface area contributed by atoms with E-state index in [0.717, 1.165) is 59.0 Å². The summed E-state index contributed by atoms with van der Waals surface area (Å²) in [5.41, 5.74) is 4.72. The van der Waals surface area contributed by atoms with Crippen LogP contribution in [0.15, 0.2) is 66.7 Å². The van der Waals surface area contributed by atoms with Gasteiger partial charge in [0.15, 0.2) is 0 Å². The van der Waals surface area contributed by atoms with Gasteiger partial charge in [-0.15, -0.1) is 0 Å². The number of allylic oxidation sites excluding steroid dienone is 1. The zero-order chi connectivity index (χ0) is 23.7. The van der Waals surface area contributed by atoms with Crippen molar-refractivity contribution in [3.8, 4) is 23.0 Å². The molecule has 0 saturated carbocycles. The summed E-state index contributed by atoms with van der Waals surface area (Å²) in [5, 5.41) is 20.2. The fourth-order valence-electron chi connectivity index (χ4n) is 4.95. The van der Waals surface area contributed by atoms with Gasteiger partial charge < -0.3 is 24.6 Å². The Hall–Kier alpha value is -3.44. The molecule has 34 heavy (non-hydrogen) atoms. The molecule has 1 atom stereocenters. The van der Waals surface area contributed by atoms with Gasteiger partial charge >= 0.3 is 0 Å². The first kappa shape index (κ1) is 22.4. The third-order valence-corrected chi connectivity index (χ3v) is 6.68. The highest BCUT2D eigenvalue weighted by Gasteiger charge is 2.30. The molecule has 5 rings (SSSR count). The van der Waals surface area contributed by atoms with E-state index in [4.69, 9.17) is 9.47 Å². The maximum absolute atomic E-state index is 10.1. The van der Waals surface area contributed by atoms with Gasteiger partial charge in [-0.3, -0.25) is 0 Å². The fourth-order valence-corrected chi connectivity index (χ4v) is 4.95. The van der Waals surface area contributed by atoms with E-state index < -0.39 is 0 Å². The lowest BCUT2D eigenvalue weighted by Crippen LogP contribution is -2.49. The van der Waals surface area contributed by atoms with Crippen molar-refractivity contribution in [1.29, 1.82) is 0 Å². The van der Waals surface area contributed by atoms with E-state index in [2.05, 4.69) is 11.8 Å². The second kappa shape index (κ2) is 9.43. The van der Waals surface area contributed by atoms with Gasteiger partial charge in [0, 0.05) is 30.1 Å². The molecular formula is C29H31NO4. The Balaban J connectivity index is 1.39. The number of benzene rings is 3. The number of aromatic hydroxyl groups is 2.